The minimum atomic E-state index is -2.64. The molecule has 3 aromatic carbocycles. The summed E-state index contributed by atoms with van der Waals surface area (Å²) in [4.78, 5) is 12.7. The van der Waals surface area contributed by atoms with Gasteiger partial charge >= 0.3 is 5.97 Å². The van der Waals surface area contributed by atoms with Gasteiger partial charge in [0.2, 0.25) is 0 Å². The van der Waals surface area contributed by atoms with E-state index in [9.17, 15) is 15.0 Å². The van der Waals surface area contributed by atoms with Gasteiger partial charge in [0.1, 0.15) is 11.7 Å². The van der Waals surface area contributed by atoms with Crippen molar-refractivity contribution in [3.63, 3.8) is 0 Å². The number of carbonyl (C=O) groups excluding carboxylic acids is 1. The van der Waals surface area contributed by atoms with Crippen LogP contribution in [-0.2, 0) is 9.16 Å². The van der Waals surface area contributed by atoms with Crippen molar-refractivity contribution in [2.24, 2.45) is 0 Å². The highest BCUT2D eigenvalue weighted by Crippen LogP contribution is 2.36. The van der Waals surface area contributed by atoms with E-state index in [2.05, 4.69) is 75.4 Å². The smallest absolute Gasteiger partial charge is 0.338 e. The summed E-state index contributed by atoms with van der Waals surface area (Å²) >= 11 is 0. The zero-order valence-corrected chi connectivity index (χ0v) is 24.8. The van der Waals surface area contributed by atoms with Gasteiger partial charge in [-0.3, -0.25) is 0 Å². The third-order valence-corrected chi connectivity index (χ3v) is 12.2. The molecule has 3 aromatic rings. The molecule has 0 radical (unpaired) electrons. The molecule has 5 nitrogen and oxygen atoms in total. The van der Waals surface area contributed by atoms with E-state index in [4.69, 9.17) is 9.16 Å². The van der Waals surface area contributed by atoms with E-state index >= 15 is 0 Å². The fourth-order valence-corrected chi connectivity index (χ4v) is 9.39. The Kier molecular flexibility index (Phi) is 10.4. The van der Waals surface area contributed by atoms with Crippen LogP contribution in [0, 0.1) is 0 Å². The second kappa shape index (κ2) is 13.4. The van der Waals surface area contributed by atoms with E-state index in [0.717, 1.165) is 5.57 Å². The molecule has 6 heteroatoms. The van der Waals surface area contributed by atoms with Crippen LogP contribution < -0.4 is 10.4 Å². The maximum Gasteiger partial charge on any atom is 0.338 e. The first-order valence-electron chi connectivity index (χ1n) is 13.5. The molecular weight excluding hydrogens is 504 g/mol. The van der Waals surface area contributed by atoms with E-state index < -0.39 is 32.6 Å². The van der Waals surface area contributed by atoms with Crippen LogP contribution in [0.3, 0.4) is 0 Å². The van der Waals surface area contributed by atoms with Crippen LogP contribution in [0.4, 0.5) is 0 Å². The summed E-state index contributed by atoms with van der Waals surface area (Å²) in [7, 11) is -2.64. The third-order valence-electron chi connectivity index (χ3n) is 7.22. The van der Waals surface area contributed by atoms with Crippen molar-refractivity contribution >= 4 is 24.7 Å². The summed E-state index contributed by atoms with van der Waals surface area (Å²) in [5.41, 5.74) is -0.0968. The quantitative estimate of drug-likeness (QED) is 0.184. The summed E-state index contributed by atoms with van der Waals surface area (Å²) in [6, 6.07) is 29.7. The van der Waals surface area contributed by atoms with Crippen LogP contribution in [0.5, 0.6) is 0 Å². The van der Waals surface area contributed by atoms with E-state index in [0.29, 0.717) is 25.0 Å². The molecule has 0 amide bonds. The van der Waals surface area contributed by atoms with Gasteiger partial charge in [-0.25, -0.2) is 4.79 Å². The largest absolute Gasteiger partial charge is 0.456 e. The minimum Gasteiger partial charge on any atom is -0.456 e. The normalized spacial score (nSPS) is 14.9. The number of benzene rings is 3. The van der Waals surface area contributed by atoms with Crippen molar-refractivity contribution in [1.29, 1.82) is 0 Å². The lowest BCUT2D eigenvalue weighted by Crippen LogP contribution is -2.66. The van der Waals surface area contributed by atoms with E-state index in [1.807, 2.05) is 25.1 Å². The van der Waals surface area contributed by atoms with Gasteiger partial charge in [-0.05, 0) is 54.2 Å². The summed E-state index contributed by atoms with van der Waals surface area (Å²) < 4.78 is 12.6. The first-order valence-corrected chi connectivity index (χ1v) is 15.4. The highest BCUT2D eigenvalue weighted by molar-refractivity contribution is 6.99. The Morgan fingerprint density at radius 1 is 0.872 bits per heavy atom. The molecule has 0 heterocycles. The van der Waals surface area contributed by atoms with Crippen LogP contribution in [0.15, 0.2) is 103 Å². The van der Waals surface area contributed by atoms with E-state index in [1.165, 1.54) is 17.3 Å². The lowest BCUT2D eigenvalue weighted by atomic mass is 9.94. The summed E-state index contributed by atoms with van der Waals surface area (Å²) in [5.74, 6) is -0.522. The molecule has 0 aromatic heterocycles. The van der Waals surface area contributed by atoms with E-state index in [1.54, 1.807) is 24.3 Å². The van der Waals surface area contributed by atoms with Gasteiger partial charge in [0, 0.05) is 0 Å². The molecule has 3 rings (SSSR count). The summed E-state index contributed by atoms with van der Waals surface area (Å²) in [6.07, 6.45) is 2.15. The Labute approximate surface area is 234 Å². The van der Waals surface area contributed by atoms with Gasteiger partial charge in [-0.15, -0.1) is 0 Å². The van der Waals surface area contributed by atoms with Crippen molar-refractivity contribution < 1.29 is 24.2 Å². The molecule has 39 heavy (non-hydrogen) atoms. The molecule has 208 valence electrons. The van der Waals surface area contributed by atoms with Crippen molar-refractivity contribution in [3.05, 3.63) is 108 Å². The molecule has 0 saturated carbocycles. The van der Waals surface area contributed by atoms with Crippen molar-refractivity contribution in [1.82, 2.24) is 0 Å². The molecule has 0 unspecified atom stereocenters. The molecule has 0 aliphatic heterocycles. The number of esters is 1. The fourth-order valence-electron chi connectivity index (χ4n) is 4.90. The van der Waals surface area contributed by atoms with Crippen LogP contribution >= 0.6 is 0 Å². The van der Waals surface area contributed by atoms with Crippen LogP contribution in [-0.4, -0.2) is 49.4 Å². The van der Waals surface area contributed by atoms with Crippen molar-refractivity contribution in [2.45, 2.75) is 64.2 Å². The number of carbonyl (C=O) groups is 1. The zero-order chi connectivity index (χ0) is 28.5. The average Bonchev–Trinajstić information content (AvgIpc) is 2.94. The number of aliphatic hydroxyl groups excluding tert-OH is 1. The standard InChI is InChI=1S/C33H42O5Si/c1-26(21-22-30(33(5,36)25-34)38-31(35)27-15-9-6-10-16-27)23-24-37-39(32(2,3)4,28-17-11-7-12-18-28)29-19-13-8-14-20-29/h6-20,23,30,34,36H,21-22,24-25H2,1-5H3/b26-23+/t30-,33+/m0/s1. The molecule has 0 spiro atoms. The summed E-state index contributed by atoms with van der Waals surface area (Å²) in [6.45, 7) is 10.2. The number of allylic oxidation sites excluding steroid dienone is 1. The highest BCUT2D eigenvalue weighted by atomic mass is 28.4. The lowest BCUT2D eigenvalue weighted by Gasteiger charge is -2.42. The summed E-state index contributed by atoms with van der Waals surface area (Å²) in [5, 5.41) is 22.8. The third kappa shape index (κ3) is 7.55. The van der Waals surface area contributed by atoms with Gasteiger partial charge in [0.05, 0.1) is 18.8 Å². The number of hydrogen-bond acceptors (Lipinski definition) is 5. The number of rotatable bonds is 12. The monoisotopic (exact) mass is 546 g/mol. The molecule has 0 aliphatic carbocycles. The van der Waals surface area contributed by atoms with Crippen LogP contribution in [0.1, 0.15) is 57.8 Å². The number of ether oxygens (including phenoxy) is 1. The molecule has 0 bridgehead atoms. The van der Waals surface area contributed by atoms with E-state index in [-0.39, 0.29) is 5.04 Å². The Bertz CT molecular complexity index is 1160. The van der Waals surface area contributed by atoms with Gasteiger partial charge in [0.15, 0.2) is 0 Å². The first kappa shape index (κ1) is 30.5. The molecule has 0 aliphatic rings. The molecule has 0 fully saturated rings. The molecular formula is C33H42O5Si. The second-order valence-electron chi connectivity index (χ2n) is 11.3. The van der Waals surface area contributed by atoms with Crippen molar-refractivity contribution in [3.8, 4) is 0 Å². The van der Waals surface area contributed by atoms with Gasteiger partial charge in [-0.1, -0.05) is 111 Å². The molecule has 2 atom stereocenters. The average molecular weight is 547 g/mol. The van der Waals surface area contributed by atoms with Crippen LogP contribution in [0.25, 0.3) is 0 Å². The highest BCUT2D eigenvalue weighted by Gasteiger charge is 2.49. The Morgan fingerprint density at radius 3 is 1.82 bits per heavy atom. The fraction of sp³-hybridized carbons (Fsp3) is 0.364. The lowest BCUT2D eigenvalue weighted by molar-refractivity contribution is -0.102. The van der Waals surface area contributed by atoms with Gasteiger partial charge in [-0.2, -0.15) is 0 Å². The van der Waals surface area contributed by atoms with Gasteiger partial charge < -0.3 is 19.4 Å². The zero-order valence-electron chi connectivity index (χ0n) is 23.8. The predicted molar refractivity (Wildman–Crippen MR) is 160 cm³/mol. The van der Waals surface area contributed by atoms with Crippen LogP contribution in [0.2, 0.25) is 5.04 Å². The number of aliphatic hydroxyl groups is 2. The number of hydrogen-bond donors (Lipinski definition) is 2. The topological polar surface area (TPSA) is 76.0 Å². The predicted octanol–water partition coefficient (Wildman–Crippen LogP) is 5.26. The maximum atomic E-state index is 12.7. The Hall–Kier alpha value is -3.03. The van der Waals surface area contributed by atoms with Gasteiger partial charge in [0.25, 0.3) is 8.32 Å². The molecule has 2 N–H and O–H groups in total. The SMILES string of the molecule is C/C(=C\CO[Si](c1ccccc1)(c1ccccc1)C(C)(C)C)CC[C@H](OC(=O)c1ccccc1)[C@](C)(O)CO. The van der Waals surface area contributed by atoms with Crippen molar-refractivity contribution in [2.75, 3.05) is 13.2 Å². The Balaban J connectivity index is 1.78. The minimum absolute atomic E-state index is 0.117. The first-order chi connectivity index (χ1) is 18.5. The second-order valence-corrected chi connectivity index (χ2v) is 15.6. The maximum absolute atomic E-state index is 12.7. The molecule has 0 saturated heterocycles. The Morgan fingerprint density at radius 2 is 1.36 bits per heavy atom.